The highest BCUT2D eigenvalue weighted by molar-refractivity contribution is 7.89. The first kappa shape index (κ1) is 18.4. The predicted octanol–water partition coefficient (Wildman–Crippen LogP) is 2.74. The molecule has 1 aromatic heterocycles. The van der Waals surface area contributed by atoms with Crippen LogP contribution in [-0.2, 0) is 22.0 Å². The zero-order valence-electron chi connectivity index (χ0n) is 15.2. The number of hydrogen-bond donors (Lipinski definition) is 1. The van der Waals surface area contributed by atoms with E-state index in [-0.39, 0.29) is 17.4 Å². The number of sulfone groups is 1. The number of ether oxygens (including phenoxy) is 1. The molecule has 1 N–H and O–H groups in total. The summed E-state index contributed by atoms with van der Waals surface area (Å²) in [6.07, 6.45) is 5.92. The van der Waals surface area contributed by atoms with E-state index in [1.165, 1.54) is 6.07 Å². The van der Waals surface area contributed by atoms with E-state index < -0.39 is 15.7 Å². The molecule has 1 saturated heterocycles. The van der Waals surface area contributed by atoms with E-state index >= 15 is 0 Å². The van der Waals surface area contributed by atoms with Gasteiger partial charge in [0, 0.05) is 29.4 Å². The van der Waals surface area contributed by atoms with E-state index in [4.69, 9.17) is 4.74 Å². The maximum atomic E-state index is 14.9. The van der Waals surface area contributed by atoms with Crippen LogP contribution in [0, 0.1) is 11.7 Å². The van der Waals surface area contributed by atoms with Gasteiger partial charge in [-0.25, -0.2) is 12.8 Å². The molecule has 1 fully saturated rings. The van der Waals surface area contributed by atoms with Crippen molar-refractivity contribution in [2.45, 2.75) is 31.1 Å². The number of rotatable bonds is 4. The lowest BCUT2D eigenvalue weighted by Gasteiger charge is -2.27. The Morgan fingerprint density at radius 2 is 2.07 bits per heavy atom. The lowest BCUT2D eigenvalue weighted by Crippen LogP contribution is -2.36. The second-order valence-corrected chi connectivity index (χ2v) is 9.61. The summed E-state index contributed by atoms with van der Waals surface area (Å²) in [5, 5.41) is 3.37. The Hall–Kier alpha value is -1.99. The number of hydrogen-bond acceptors (Lipinski definition) is 5. The van der Waals surface area contributed by atoms with Gasteiger partial charge in [0.05, 0.1) is 17.6 Å². The third kappa shape index (κ3) is 3.99. The zero-order chi connectivity index (χ0) is 19.0. The van der Waals surface area contributed by atoms with Crippen molar-refractivity contribution in [1.29, 1.82) is 0 Å². The minimum absolute atomic E-state index is 0.153. The largest absolute Gasteiger partial charge is 0.488 e. The molecule has 0 spiro atoms. The molecular weight excluding hydrogens is 367 g/mol. The fraction of sp³-hybridized carbons (Fsp3) is 0.450. The summed E-state index contributed by atoms with van der Waals surface area (Å²) in [5.74, 6) is 0.453. The molecule has 0 radical (unpaired) electrons. The lowest BCUT2D eigenvalue weighted by molar-refractivity contribution is 0.133. The second-order valence-electron chi connectivity index (χ2n) is 7.47. The van der Waals surface area contributed by atoms with Crippen molar-refractivity contribution in [3.05, 3.63) is 47.4 Å². The average Bonchev–Trinajstić information content (AvgIpc) is 3.06. The van der Waals surface area contributed by atoms with Gasteiger partial charge >= 0.3 is 0 Å². The molecular formula is C20H23FN2O3S. The van der Waals surface area contributed by atoms with Crippen molar-refractivity contribution in [3.8, 4) is 17.0 Å². The van der Waals surface area contributed by atoms with Crippen LogP contribution in [0.1, 0.15) is 24.0 Å². The molecule has 1 atom stereocenters. The van der Waals surface area contributed by atoms with E-state index in [0.717, 1.165) is 49.9 Å². The smallest absolute Gasteiger partial charge is 0.151 e. The van der Waals surface area contributed by atoms with Gasteiger partial charge in [0.1, 0.15) is 17.7 Å². The third-order valence-electron chi connectivity index (χ3n) is 5.33. The van der Waals surface area contributed by atoms with Gasteiger partial charge in [-0.1, -0.05) is 12.1 Å². The van der Waals surface area contributed by atoms with Gasteiger partial charge in [0.25, 0.3) is 0 Å². The molecule has 0 aliphatic carbocycles. The van der Waals surface area contributed by atoms with Gasteiger partial charge in [0.15, 0.2) is 9.84 Å². The van der Waals surface area contributed by atoms with Crippen LogP contribution in [-0.4, -0.2) is 38.9 Å². The Kier molecular flexibility index (Phi) is 4.90. The first-order valence-electron chi connectivity index (χ1n) is 9.22. The normalized spacial score (nSPS) is 20.3. The number of nitrogens with one attached hydrogen (secondary N) is 1. The summed E-state index contributed by atoms with van der Waals surface area (Å²) in [7, 11) is -3.31. The van der Waals surface area contributed by atoms with E-state index in [1.54, 1.807) is 18.3 Å². The first-order chi connectivity index (χ1) is 12.9. The summed E-state index contributed by atoms with van der Waals surface area (Å²) in [6.45, 7) is 2.03. The summed E-state index contributed by atoms with van der Waals surface area (Å²) in [5.41, 5.74) is 2.04. The molecule has 0 amide bonds. The molecule has 2 aliphatic rings. The Bertz CT molecular complexity index is 956. The maximum Gasteiger partial charge on any atom is 0.151 e. The van der Waals surface area contributed by atoms with E-state index in [2.05, 4.69) is 10.3 Å². The molecule has 0 bridgehead atoms. The van der Waals surface area contributed by atoms with E-state index in [1.807, 2.05) is 6.07 Å². The van der Waals surface area contributed by atoms with Crippen LogP contribution in [0.3, 0.4) is 0 Å². The fourth-order valence-corrected chi connectivity index (χ4v) is 4.76. The van der Waals surface area contributed by atoms with Gasteiger partial charge in [-0.3, -0.25) is 4.98 Å². The molecule has 144 valence electrons. The average molecular weight is 390 g/mol. The van der Waals surface area contributed by atoms with Crippen LogP contribution < -0.4 is 10.1 Å². The number of pyridine rings is 1. The molecule has 2 aromatic rings. The summed E-state index contributed by atoms with van der Waals surface area (Å²) >= 11 is 0. The van der Waals surface area contributed by atoms with Crippen molar-refractivity contribution in [3.63, 3.8) is 0 Å². The van der Waals surface area contributed by atoms with Crippen LogP contribution >= 0.6 is 0 Å². The number of halogens is 1. The standard InChI is InChI=1S/C20H23FN2O3S/c1-27(24,25)12-14-3-2-4-16(20(14)21)17-9-15-10-18(26-19(15)11-23-17)13-5-7-22-8-6-13/h2-4,9,11,13,18,22H,5-8,10,12H2,1H3. The number of piperidine rings is 1. The highest BCUT2D eigenvalue weighted by Crippen LogP contribution is 2.36. The van der Waals surface area contributed by atoms with Crippen LogP contribution in [0.4, 0.5) is 4.39 Å². The van der Waals surface area contributed by atoms with Crippen LogP contribution in [0.2, 0.25) is 0 Å². The van der Waals surface area contributed by atoms with Crippen molar-refractivity contribution >= 4 is 9.84 Å². The van der Waals surface area contributed by atoms with Crippen molar-refractivity contribution in [2.24, 2.45) is 5.92 Å². The Labute approximate surface area is 158 Å². The van der Waals surface area contributed by atoms with Gasteiger partial charge in [-0.15, -0.1) is 0 Å². The minimum atomic E-state index is -3.31. The second kappa shape index (κ2) is 7.20. The quantitative estimate of drug-likeness (QED) is 0.869. The van der Waals surface area contributed by atoms with Crippen molar-refractivity contribution in [2.75, 3.05) is 19.3 Å². The van der Waals surface area contributed by atoms with E-state index in [0.29, 0.717) is 17.2 Å². The van der Waals surface area contributed by atoms with Crippen LogP contribution in [0.25, 0.3) is 11.3 Å². The minimum Gasteiger partial charge on any atom is -0.488 e. The number of fused-ring (bicyclic) bond motifs is 1. The van der Waals surface area contributed by atoms with Crippen LogP contribution in [0.15, 0.2) is 30.5 Å². The fourth-order valence-electron chi connectivity index (χ4n) is 3.97. The third-order valence-corrected chi connectivity index (χ3v) is 6.17. The van der Waals surface area contributed by atoms with Crippen molar-refractivity contribution < 1.29 is 17.5 Å². The Balaban J connectivity index is 1.60. The summed E-state index contributed by atoms with van der Waals surface area (Å²) in [6, 6.07) is 6.68. The number of aromatic nitrogens is 1. The predicted molar refractivity (Wildman–Crippen MR) is 102 cm³/mol. The number of nitrogens with zero attached hydrogens (tertiary/aromatic N) is 1. The lowest BCUT2D eigenvalue weighted by atomic mass is 9.89. The van der Waals surface area contributed by atoms with Gasteiger partial charge < -0.3 is 10.1 Å². The molecule has 7 heteroatoms. The molecule has 2 aliphatic heterocycles. The summed E-state index contributed by atoms with van der Waals surface area (Å²) in [4.78, 5) is 4.37. The Morgan fingerprint density at radius 1 is 1.30 bits per heavy atom. The molecule has 27 heavy (non-hydrogen) atoms. The van der Waals surface area contributed by atoms with Gasteiger partial charge in [-0.2, -0.15) is 0 Å². The van der Waals surface area contributed by atoms with E-state index in [9.17, 15) is 12.8 Å². The molecule has 3 heterocycles. The maximum absolute atomic E-state index is 14.9. The highest BCUT2D eigenvalue weighted by Gasteiger charge is 2.32. The topological polar surface area (TPSA) is 68.3 Å². The first-order valence-corrected chi connectivity index (χ1v) is 11.3. The molecule has 5 nitrogen and oxygen atoms in total. The van der Waals surface area contributed by atoms with Gasteiger partial charge in [-0.05, 0) is 44.0 Å². The molecule has 0 saturated carbocycles. The van der Waals surface area contributed by atoms with Crippen molar-refractivity contribution in [1.82, 2.24) is 10.3 Å². The highest BCUT2D eigenvalue weighted by atomic mass is 32.2. The SMILES string of the molecule is CS(=O)(=O)Cc1cccc(-c2cc3c(cn2)OC(C2CCNCC2)C3)c1F. The van der Waals surface area contributed by atoms with Crippen LogP contribution in [0.5, 0.6) is 5.75 Å². The van der Waals surface area contributed by atoms with Gasteiger partial charge in [0.2, 0.25) is 0 Å². The molecule has 4 rings (SSSR count). The zero-order valence-corrected chi connectivity index (χ0v) is 16.1. The monoisotopic (exact) mass is 390 g/mol. The molecule has 1 aromatic carbocycles. The molecule has 1 unspecified atom stereocenters. The number of benzene rings is 1. The Morgan fingerprint density at radius 3 is 2.81 bits per heavy atom. The summed E-state index contributed by atoms with van der Waals surface area (Å²) < 4.78 is 44.0.